The molecule has 2 rings (SSSR count). The van der Waals surface area contributed by atoms with Crippen molar-refractivity contribution in [3.8, 4) is 0 Å². The fourth-order valence-electron chi connectivity index (χ4n) is 1.98. The summed E-state index contributed by atoms with van der Waals surface area (Å²) < 4.78 is 22.1. The van der Waals surface area contributed by atoms with Gasteiger partial charge in [0.15, 0.2) is 0 Å². The Balaban J connectivity index is 2.28. The van der Waals surface area contributed by atoms with Gasteiger partial charge in [-0.3, -0.25) is 4.79 Å². The second-order valence-electron chi connectivity index (χ2n) is 4.31. The summed E-state index contributed by atoms with van der Waals surface area (Å²) in [6, 6.07) is 6.12. The van der Waals surface area contributed by atoms with Gasteiger partial charge in [0.2, 0.25) is 0 Å². The molecule has 1 aromatic carbocycles. The Labute approximate surface area is 104 Å². The third-order valence-corrected chi connectivity index (χ3v) is 4.46. The Kier molecular flexibility index (Phi) is 2.91. The zero-order valence-corrected chi connectivity index (χ0v) is 10.5. The third kappa shape index (κ3) is 2.61. The summed E-state index contributed by atoms with van der Waals surface area (Å²) in [6.07, 6.45) is 1.73. The van der Waals surface area contributed by atoms with E-state index in [9.17, 15) is 13.2 Å². The normalized spacial score (nSPS) is 17.7. The molecule has 4 nitrogen and oxygen atoms in total. The molecule has 0 bridgehead atoms. The molecule has 0 atom stereocenters. The standard InChI is InChI=1S/C11H11ClO4S/c12-17(15,16)9-3-1-8(2-4-9)11(5-6-11)7-10(13)14/h1-4H,5-7H2,(H,13,14). The molecule has 92 valence electrons. The lowest BCUT2D eigenvalue weighted by Gasteiger charge is -2.12. The Morgan fingerprint density at radius 1 is 1.29 bits per heavy atom. The monoisotopic (exact) mass is 274 g/mol. The van der Waals surface area contributed by atoms with Crippen molar-refractivity contribution in [2.45, 2.75) is 29.6 Å². The Morgan fingerprint density at radius 3 is 2.18 bits per heavy atom. The maximum absolute atomic E-state index is 11.1. The van der Waals surface area contributed by atoms with E-state index in [2.05, 4.69) is 0 Å². The summed E-state index contributed by atoms with van der Waals surface area (Å²) in [7, 11) is 1.49. The van der Waals surface area contributed by atoms with Crippen LogP contribution in [0.5, 0.6) is 0 Å². The molecule has 0 unspecified atom stereocenters. The number of hydrogen-bond donors (Lipinski definition) is 1. The highest BCUT2D eigenvalue weighted by atomic mass is 35.7. The van der Waals surface area contributed by atoms with Crippen molar-refractivity contribution in [1.29, 1.82) is 0 Å². The van der Waals surface area contributed by atoms with E-state index in [-0.39, 0.29) is 16.7 Å². The third-order valence-electron chi connectivity index (χ3n) is 3.09. The van der Waals surface area contributed by atoms with Crippen LogP contribution >= 0.6 is 10.7 Å². The van der Waals surface area contributed by atoms with Gasteiger partial charge in [0.1, 0.15) is 0 Å². The number of hydrogen-bond acceptors (Lipinski definition) is 3. The Morgan fingerprint density at radius 2 is 1.82 bits per heavy atom. The highest BCUT2D eigenvalue weighted by Gasteiger charge is 2.45. The molecular formula is C11H11ClO4S. The van der Waals surface area contributed by atoms with E-state index in [1.165, 1.54) is 12.1 Å². The minimum atomic E-state index is -3.71. The summed E-state index contributed by atoms with van der Waals surface area (Å²) in [5.74, 6) is -0.837. The van der Waals surface area contributed by atoms with Gasteiger partial charge >= 0.3 is 5.97 Å². The number of rotatable bonds is 4. The fraction of sp³-hybridized carbons (Fsp3) is 0.364. The van der Waals surface area contributed by atoms with Crippen LogP contribution in [-0.2, 0) is 19.3 Å². The van der Waals surface area contributed by atoms with E-state index in [4.69, 9.17) is 15.8 Å². The van der Waals surface area contributed by atoms with Gasteiger partial charge in [-0.05, 0) is 30.5 Å². The van der Waals surface area contributed by atoms with E-state index in [1.807, 2.05) is 0 Å². The molecule has 1 fully saturated rings. The van der Waals surface area contributed by atoms with Gasteiger partial charge < -0.3 is 5.11 Å². The number of carboxylic acid groups (broad SMARTS) is 1. The van der Waals surface area contributed by atoms with Crippen LogP contribution in [0.2, 0.25) is 0 Å². The summed E-state index contributed by atoms with van der Waals surface area (Å²) >= 11 is 0. The second-order valence-corrected chi connectivity index (χ2v) is 6.88. The van der Waals surface area contributed by atoms with E-state index < -0.39 is 15.0 Å². The summed E-state index contributed by atoms with van der Waals surface area (Å²) in [4.78, 5) is 10.8. The molecule has 1 aromatic rings. The minimum Gasteiger partial charge on any atom is -0.481 e. The quantitative estimate of drug-likeness (QED) is 0.854. The van der Waals surface area contributed by atoms with Crippen molar-refractivity contribution in [3.05, 3.63) is 29.8 Å². The van der Waals surface area contributed by atoms with Crippen LogP contribution in [0.15, 0.2) is 29.2 Å². The molecule has 1 saturated carbocycles. The van der Waals surface area contributed by atoms with Crippen molar-refractivity contribution < 1.29 is 18.3 Å². The van der Waals surface area contributed by atoms with Crippen LogP contribution in [0, 0.1) is 0 Å². The molecule has 6 heteroatoms. The van der Waals surface area contributed by atoms with Gasteiger partial charge in [-0.25, -0.2) is 8.42 Å². The van der Waals surface area contributed by atoms with Gasteiger partial charge in [0.25, 0.3) is 9.05 Å². The average Bonchev–Trinajstić information content (AvgIpc) is 2.97. The number of carbonyl (C=O) groups is 1. The molecule has 1 N–H and O–H groups in total. The predicted molar refractivity (Wildman–Crippen MR) is 62.6 cm³/mol. The zero-order valence-electron chi connectivity index (χ0n) is 8.89. The number of halogens is 1. The van der Waals surface area contributed by atoms with Crippen LogP contribution in [0.1, 0.15) is 24.8 Å². The van der Waals surface area contributed by atoms with Crippen LogP contribution in [0.4, 0.5) is 0 Å². The molecule has 17 heavy (non-hydrogen) atoms. The topological polar surface area (TPSA) is 71.4 Å². The maximum Gasteiger partial charge on any atom is 0.304 e. The number of carboxylic acids is 1. The number of benzene rings is 1. The molecule has 0 aliphatic heterocycles. The Bertz CT molecular complexity index is 543. The first kappa shape index (κ1) is 12.4. The summed E-state index contributed by atoms with van der Waals surface area (Å²) in [6.45, 7) is 0. The molecule has 0 spiro atoms. The maximum atomic E-state index is 11.1. The minimum absolute atomic E-state index is 0.0361. The van der Waals surface area contributed by atoms with Gasteiger partial charge in [-0.15, -0.1) is 0 Å². The molecule has 0 aromatic heterocycles. The van der Waals surface area contributed by atoms with E-state index >= 15 is 0 Å². The molecular weight excluding hydrogens is 264 g/mol. The van der Waals surface area contributed by atoms with E-state index in [0.717, 1.165) is 18.4 Å². The highest BCUT2D eigenvalue weighted by molar-refractivity contribution is 8.13. The van der Waals surface area contributed by atoms with Gasteiger partial charge in [0, 0.05) is 16.1 Å². The largest absolute Gasteiger partial charge is 0.481 e. The first-order valence-electron chi connectivity index (χ1n) is 5.11. The highest BCUT2D eigenvalue weighted by Crippen LogP contribution is 2.51. The van der Waals surface area contributed by atoms with Gasteiger partial charge in [-0.1, -0.05) is 12.1 Å². The van der Waals surface area contributed by atoms with Crippen LogP contribution in [0.3, 0.4) is 0 Å². The van der Waals surface area contributed by atoms with Crippen molar-refractivity contribution in [3.63, 3.8) is 0 Å². The van der Waals surface area contributed by atoms with Gasteiger partial charge in [0.05, 0.1) is 11.3 Å². The van der Waals surface area contributed by atoms with E-state index in [0.29, 0.717) is 0 Å². The van der Waals surface area contributed by atoms with Crippen LogP contribution < -0.4 is 0 Å². The first-order chi connectivity index (χ1) is 7.83. The van der Waals surface area contributed by atoms with Gasteiger partial charge in [-0.2, -0.15) is 0 Å². The summed E-state index contributed by atoms with van der Waals surface area (Å²) in [5.41, 5.74) is 0.560. The average molecular weight is 275 g/mol. The lowest BCUT2D eigenvalue weighted by molar-refractivity contribution is -0.137. The zero-order chi connectivity index (χ0) is 12.7. The second kappa shape index (κ2) is 3.99. The number of aliphatic carboxylic acids is 1. The van der Waals surface area contributed by atoms with Crippen molar-refractivity contribution in [2.24, 2.45) is 0 Å². The lowest BCUT2D eigenvalue weighted by Crippen LogP contribution is -2.12. The molecule has 1 aliphatic rings. The smallest absolute Gasteiger partial charge is 0.304 e. The van der Waals surface area contributed by atoms with Crippen molar-refractivity contribution in [2.75, 3.05) is 0 Å². The fourth-order valence-corrected chi connectivity index (χ4v) is 2.75. The summed E-state index contributed by atoms with van der Waals surface area (Å²) in [5, 5.41) is 8.82. The van der Waals surface area contributed by atoms with Crippen molar-refractivity contribution in [1.82, 2.24) is 0 Å². The molecule has 1 aliphatic carbocycles. The van der Waals surface area contributed by atoms with Crippen LogP contribution in [-0.4, -0.2) is 19.5 Å². The predicted octanol–water partition coefficient (Wildman–Crippen LogP) is 2.12. The van der Waals surface area contributed by atoms with E-state index in [1.54, 1.807) is 12.1 Å². The molecule has 0 amide bonds. The first-order valence-corrected chi connectivity index (χ1v) is 7.41. The SMILES string of the molecule is O=C(O)CC1(c2ccc(S(=O)(=O)Cl)cc2)CC1. The van der Waals surface area contributed by atoms with Crippen molar-refractivity contribution >= 4 is 25.7 Å². The molecule has 0 radical (unpaired) electrons. The van der Waals surface area contributed by atoms with Crippen LogP contribution in [0.25, 0.3) is 0 Å². The Hall–Kier alpha value is -1.07. The molecule has 0 saturated heterocycles. The lowest BCUT2D eigenvalue weighted by atomic mass is 9.93. The molecule has 0 heterocycles.